The molecule has 0 saturated heterocycles. The van der Waals surface area contributed by atoms with Crippen LogP contribution in [0.2, 0.25) is 0 Å². The van der Waals surface area contributed by atoms with Gasteiger partial charge in [0.1, 0.15) is 5.82 Å². The van der Waals surface area contributed by atoms with E-state index < -0.39 is 0 Å². The molecule has 66 valence electrons. The third-order valence-corrected chi connectivity index (χ3v) is 2.29. The SMILES string of the molecule is C[C@@H]1C[C@@H](C)n2[nH]c(=O)cc2N1. The molecule has 1 aromatic heterocycles. The average molecular weight is 167 g/mol. The first-order valence-corrected chi connectivity index (χ1v) is 4.25. The Morgan fingerprint density at radius 1 is 1.58 bits per heavy atom. The van der Waals surface area contributed by atoms with Crippen molar-refractivity contribution >= 4 is 5.82 Å². The first-order valence-electron chi connectivity index (χ1n) is 4.25. The lowest BCUT2D eigenvalue weighted by Gasteiger charge is -2.28. The van der Waals surface area contributed by atoms with Gasteiger partial charge in [-0.1, -0.05) is 0 Å². The van der Waals surface area contributed by atoms with Crippen LogP contribution in [-0.4, -0.2) is 15.8 Å². The molecule has 0 spiro atoms. The first-order chi connectivity index (χ1) is 5.66. The smallest absolute Gasteiger partial charge is 0.266 e. The summed E-state index contributed by atoms with van der Waals surface area (Å²) >= 11 is 0. The van der Waals surface area contributed by atoms with Crippen LogP contribution in [-0.2, 0) is 0 Å². The second-order valence-corrected chi connectivity index (χ2v) is 3.51. The maximum Gasteiger partial charge on any atom is 0.266 e. The molecule has 2 atom stereocenters. The number of hydrogen-bond acceptors (Lipinski definition) is 2. The van der Waals surface area contributed by atoms with Gasteiger partial charge in [-0.05, 0) is 20.3 Å². The monoisotopic (exact) mass is 167 g/mol. The van der Waals surface area contributed by atoms with Crippen LogP contribution in [0.1, 0.15) is 26.3 Å². The van der Waals surface area contributed by atoms with Crippen molar-refractivity contribution in [2.75, 3.05) is 5.32 Å². The van der Waals surface area contributed by atoms with Crippen LogP contribution in [0.25, 0.3) is 0 Å². The molecular formula is C8H13N3O. The second-order valence-electron chi connectivity index (χ2n) is 3.51. The van der Waals surface area contributed by atoms with E-state index in [2.05, 4.69) is 24.3 Å². The fourth-order valence-electron chi connectivity index (χ4n) is 1.79. The number of hydrogen-bond donors (Lipinski definition) is 2. The van der Waals surface area contributed by atoms with Crippen molar-refractivity contribution in [1.29, 1.82) is 0 Å². The zero-order chi connectivity index (χ0) is 8.72. The molecule has 2 rings (SSSR count). The van der Waals surface area contributed by atoms with Gasteiger partial charge in [-0.15, -0.1) is 0 Å². The van der Waals surface area contributed by atoms with Gasteiger partial charge < -0.3 is 5.32 Å². The maximum absolute atomic E-state index is 11.0. The third kappa shape index (κ3) is 1.03. The largest absolute Gasteiger partial charge is 0.368 e. The van der Waals surface area contributed by atoms with E-state index in [0.717, 1.165) is 12.2 Å². The lowest BCUT2D eigenvalue weighted by molar-refractivity contribution is 0.412. The van der Waals surface area contributed by atoms with Crippen molar-refractivity contribution in [2.45, 2.75) is 32.4 Å². The van der Waals surface area contributed by atoms with Gasteiger partial charge in [0.15, 0.2) is 0 Å². The standard InChI is InChI=1S/C8H13N3O/c1-5-3-6(2)11-7(9-5)4-8(12)10-11/h4-6,9H,3H2,1-2H3,(H,10,12)/t5-,6-/m1/s1. The molecular weight excluding hydrogens is 154 g/mol. The minimum Gasteiger partial charge on any atom is -0.368 e. The van der Waals surface area contributed by atoms with Crippen molar-refractivity contribution in [3.63, 3.8) is 0 Å². The highest BCUT2D eigenvalue weighted by molar-refractivity contribution is 5.37. The van der Waals surface area contributed by atoms with Crippen LogP contribution < -0.4 is 10.9 Å². The predicted octanol–water partition coefficient (Wildman–Crippen LogP) is 0.942. The lowest BCUT2D eigenvalue weighted by Crippen LogP contribution is -2.28. The summed E-state index contributed by atoms with van der Waals surface area (Å²) in [6.45, 7) is 4.23. The molecule has 2 heterocycles. The van der Waals surface area contributed by atoms with E-state index in [1.807, 2.05) is 4.68 Å². The number of nitrogens with zero attached hydrogens (tertiary/aromatic N) is 1. The van der Waals surface area contributed by atoms with E-state index in [0.29, 0.717) is 12.1 Å². The molecule has 1 aliphatic rings. The molecule has 0 radical (unpaired) electrons. The highest BCUT2D eigenvalue weighted by Gasteiger charge is 2.20. The molecule has 0 aliphatic carbocycles. The van der Waals surface area contributed by atoms with Crippen LogP contribution in [0, 0.1) is 0 Å². The predicted molar refractivity (Wildman–Crippen MR) is 47.5 cm³/mol. The summed E-state index contributed by atoms with van der Waals surface area (Å²) in [6.07, 6.45) is 1.05. The van der Waals surface area contributed by atoms with Crippen molar-refractivity contribution in [1.82, 2.24) is 9.78 Å². The van der Waals surface area contributed by atoms with Gasteiger partial charge in [0.05, 0.1) is 6.04 Å². The number of aromatic amines is 1. The Kier molecular flexibility index (Phi) is 1.49. The van der Waals surface area contributed by atoms with Crippen LogP contribution >= 0.6 is 0 Å². The molecule has 0 bridgehead atoms. The molecule has 4 heteroatoms. The van der Waals surface area contributed by atoms with Crippen LogP contribution in [0.5, 0.6) is 0 Å². The van der Waals surface area contributed by atoms with E-state index in [1.165, 1.54) is 0 Å². The summed E-state index contributed by atoms with van der Waals surface area (Å²) in [7, 11) is 0. The number of rotatable bonds is 0. The zero-order valence-electron chi connectivity index (χ0n) is 7.29. The van der Waals surface area contributed by atoms with Crippen LogP contribution in [0.15, 0.2) is 10.9 Å². The molecule has 0 amide bonds. The highest BCUT2D eigenvalue weighted by Crippen LogP contribution is 2.23. The van der Waals surface area contributed by atoms with Gasteiger partial charge in [0.2, 0.25) is 0 Å². The lowest BCUT2D eigenvalue weighted by atomic mass is 10.1. The summed E-state index contributed by atoms with van der Waals surface area (Å²) in [4.78, 5) is 11.0. The number of aromatic nitrogens is 2. The van der Waals surface area contributed by atoms with Crippen LogP contribution in [0.3, 0.4) is 0 Å². The van der Waals surface area contributed by atoms with Gasteiger partial charge >= 0.3 is 0 Å². The summed E-state index contributed by atoms with van der Waals surface area (Å²) < 4.78 is 1.89. The van der Waals surface area contributed by atoms with Gasteiger partial charge in [-0.2, -0.15) is 0 Å². The molecule has 0 unspecified atom stereocenters. The van der Waals surface area contributed by atoms with Crippen molar-refractivity contribution < 1.29 is 0 Å². The fraction of sp³-hybridized carbons (Fsp3) is 0.625. The Labute approximate surface area is 70.6 Å². The first kappa shape index (κ1) is 7.46. The molecule has 4 nitrogen and oxygen atoms in total. The van der Waals surface area contributed by atoms with Crippen LogP contribution in [0.4, 0.5) is 5.82 Å². The average Bonchev–Trinajstić information content (AvgIpc) is 2.29. The molecule has 1 aliphatic heterocycles. The molecule has 1 aromatic rings. The van der Waals surface area contributed by atoms with Gasteiger partial charge in [-0.25, -0.2) is 0 Å². The summed E-state index contributed by atoms with van der Waals surface area (Å²) in [5.41, 5.74) is -0.0292. The quantitative estimate of drug-likeness (QED) is 0.604. The summed E-state index contributed by atoms with van der Waals surface area (Å²) in [6, 6.07) is 2.45. The Morgan fingerprint density at radius 2 is 2.33 bits per heavy atom. The molecule has 0 fully saturated rings. The molecule has 0 aromatic carbocycles. The number of H-pyrrole nitrogens is 1. The Bertz CT molecular complexity index is 338. The Morgan fingerprint density at radius 3 is 3.08 bits per heavy atom. The van der Waals surface area contributed by atoms with Crippen molar-refractivity contribution in [2.24, 2.45) is 0 Å². The summed E-state index contributed by atoms with van der Waals surface area (Å²) in [5.74, 6) is 0.909. The van der Waals surface area contributed by atoms with E-state index in [9.17, 15) is 4.79 Å². The Balaban J connectivity index is 2.46. The van der Waals surface area contributed by atoms with E-state index in [1.54, 1.807) is 6.07 Å². The van der Waals surface area contributed by atoms with Gasteiger partial charge in [0.25, 0.3) is 5.56 Å². The zero-order valence-corrected chi connectivity index (χ0v) is 7.29. The van der Waals surface area contributed by atoms with Crippen molar-refractivity contribution in [3.05, 3.63) is 16.4 Å². The number of anilines is 1. The van der Waals surface area contributed by atoms with E-state index >= 15 is 0 Å². The van der Waals surface area contributed by atoms with Gasteiger partial charge in [0, 0.05) is 12.1 Å². The topological polar surface area (TPSA) is 49.8 Å². The molecule has 2 N–H and O–H groups in total. The number of fused-ring (bicyclic) bond motifs is 1. The highest BCUT2D eigenvalue weighted by atomic mass is 16.1. The van der Waals surface area contributed by atoms with E-state index in [4.69, 9.17) is 0 Å². The normalized spacial score (nSPS) is 27.8. The Hall–Kier alpha value is -1.19. The van der Waals surface area contributed by atoms with E-state index in [-0.39, 0.29) is 5.56 Å². The second kappa shape index (κ2) is 2.40. The number of nitrogens with one attached hydrogen (secondary N) is 2. The minimum atomic E-state index is -0.0292. The van der Waals surface area contributed by atoms with Gasteiger partial charge in [-0.3, -0.25) is 14.6 Å². The maximum atomic E-state index is 11.0. The summed E-state index contributed by atoms with van der Waals surface area (Å²) in [5, 5.41) is 6.01. The van der Waals surface area contributed by atoms with Crippen molar-refractivity contribution in [3.8, 4) is 0 Å². The third-order valence-electron chi connectivity index (χ3n) is 2.29. The minimum absolute atomic E-state index is 0.0292. The fourth-order valence-corrected chi connectivity index (χ4v) is 1.79. The molecule has 12 heavy (non-hydrogen) atoms. The molecule has 0 saturated carbocycles.